The Morgan fingerprint density at radius 1 is 1.13 bits per heavy atom. The lowest BCUT2D eigenvalue weighted by atomic mass is 10.1. The number of sulfonamides is 1. The number of nitrogens with zero attached hydrogens (tertiary/aromatic N) is 2. The molecule has 0 bridgehead atoms. The Kier molecular flexibility index (Phi) is 11.3. The van der Waals surface area contributed by atoms with Gasteiger partial charge in [-0.1, -0.05) is 74.9 Å². The zero-order chi connectivity index (χ0) is 32.6. The SMILES string of the molecule is C=CCCCS(=O)(=O)NC(CCCC)C(=O)[N+]1(C(=O)OC)C[C@H](Oc2cc(-c3ccccc3)nc3ccc(C=C)cc23)CC1C. The van der Waals surface area contributed by atoms with Crippen LogP contribution in [0.25, 0.3) is 28.2 Å². The van der Waals surface area contributed by atoms with E-state index in [4.69, 9.17) is 14.5 Å². The summed E-state index contributed by atoms with van der Waals surface area (Å²) in [4.78, 5) is 32.8. The molecule has 0 saturated carbocycles. The molecule has 1 N–H and O–H groups in total. The summed E-state index contributed by atoms with van der Waals surface area (Å²) in [5, 5.41) is 0.780. The molecule has 2 amide bonds. The van der Waals surface area contributed by atoms with Gasteiger partial charge in [-0.3, -0.25) is 0 Å². The number of pyridine rings is 1. The first kappa shape index (κ1) is 34.0. The molecule has 9 nitrogen and oxygen atoms in total. The molecular weight excluding hydrogens is 590 g/mol. The number of fused-ring (bicyclic) bond motifs is 1. The van der Waals surface area contributed by atoms with Crippen LogP contribution >= 0.6 is 0 Å². The van der Waals surface area contributed by atoms with E-state index in [-0.39, 0.29) is 18.7 Å². The molecule has 3 unspecified atom stereocenters. The molecule has 10 heteroatoms. The topological polar surface area (TPSA) is 112 Å². The van der Waals surface area contributed by atoms with Crippen molar-refractivity contribution < 1.29 is 32.0 Å². The van der Waals surface area contributed by atoms with Crippen molar-refractivity contribution in [2.24, 2.45) is 0 Å². The van der Waals surface area contributed by atoms with Crippen molar-refractivity contribution in [3.05, 3.63) is 79.4 Å². The summed E-state index contributed by atoms with van der Waals surface area (Å²) >= 11 is 0. The van der Waals surface area contributed by atoms with Crippen molar-refractivity contribution in [3.63, 3.8) is 0 Å². The van der Waals surface area contributed by atoms with Gasteiger partial charge in [0.2, 0.25) is 10.0 Å². The first-order chi connectivity index (χ1) is 21.6. The summed E-state index contributed by atoms with van der Waals surface area (Å²) in [6.07, 6.45) is 5.07. The molecule has 4 rings (SSSR count). The van der Waals surface area contributed by atoms with Crippen LogP contribution in [-0.2, 0) is 19.6 Å². The number of quaternary nitrogens is 1. The Bertz CT molecular complexity index is 1640. The van der Waals surface area contributed by atoms with Gasteiger partial charge in [-0.05, 0) is 43.9 Å². The van der Waals surface area contributed by atoms with E-state index in [9.17, 15) is 18.0 Å². The van der Waals surface area contributed by atoms with Gasteiger partial charge in [-0.2, -0.15) is 14.0 Å². The fourth-order valence-electron chi connectivity index (χ4n) is 6.02. The number of hydrogen-bond acceptors (Lipinski definition) is 7. The van der Waals surface area contributed by atoms with Crippen molar-refractivity contribution >= 4 is 39.0 Å². The number of unbranched alkanes of at least 4 members (excludes halogenated alkanes) is 2. The highest BCUT2D eigenvalue weighted by molar-refractivity contribution is 7.89. The molecule has 0 radical (unpaired) electrons. The van der Waals surface area contributed by atoms with Gasteiger partial charge in [-0.25, -0.2) is 18.2 Å². The normalized spacial score (nSPS) is 20.4. The number of hydrogen-bond donors (Lipinski definition) is 1. The smallest absolute Gasteiger partial charge is 0.483 e. The summed E-state index contributed by atoms with van der Waals surface area (Å²) in [7, 11) is -2.54. The Balaban J connectivity index is 1.71. The van der Waals surface area contributed by atoms with Gasteiger partial charge in [0.05, 0.1) is 24.1 Å². The molecule has 2 heterocycles. The number of nitrogens with one attached hydrogen (secondary N) is 1. The lowest BCUT2D eigenvalue weighted by Crippen LogP contribution is -2.65. The Hall–Kier alpha value is -3.86. The number of amides is 2. The predicted octanol–water partition coefficient (Wildman–Crippen LogP) is 6.64. The Morgan fingerprint density at radius 3 is 2.56 bits per heavy atom. The van der Waals surface area contributed by atoms with Crippen molar-refractivity contribution in [2.75, 3.05) is 19.4 Å². The number of allylic oxidation sites excluding steroid dienone is 1. The first-order valence-corrected chi connectivity index (χ1v) is 17.1. The molecule has 1 saturated heterocycles. The molecule has 45 heavy (non-hydrogen) atoms. The molecule has 0 spiro atoms. The summed E-state index contributed by atoms with van der Waals surface area (Å²) in [6.45, 7) is 11.3. The molecule has 0 aliphatic carbocycles. The molecule has 1 aliphatic heterocycles. The quantitative estimate of drug-likeness (QED) is 0.120. The first-order valence-electron chi connectivity index (χ1n) is 15.5. The van der Waals surface area contributed by atoms with Gasteiger partial charge < -0.3 is 9.47 Å². The number of methoxy groups -OCH3 is 1. The average Bonchev–Trinajstić information content (AvgIpc) is 3.38. The number of ether oxygens (including phenoxy) is 2. The fourth-order valence-corrected chi connectivity index (χ4v) is 7.34. The monoisotopic (exact) mass is 634 g/mol. The standard InChI is InChI=1S/C35H44N3O6S/c1-6-9-14-20-45(41,42)37-31(17-10-7-2)34(39)38(35(40)43-5)24-28(21-25(38)4)44-33-23-32(27-15-12-11-13-16-27)36-30-19-18-26(8-3)22-29(30)33/h6,8,11-13,15-16,18-19,22-23,25,28,31,37H,1,3,7,9-10,14,17,20-21,24H2,2,4-5H3/q+1/t25?,28-,31?,38?/m1/s1. The molecular formula is C35H44N3O6S+. The van der Waals surface area contributed by atoms with E-state index in [2.05, 4.69) is 17.9 Å². The maximum atomic E-state index is 14.4. The third-order valence-electron chi connectivity index (χ3n) is 8.42. The van der Waals surface area contributed by atoms with Crippen LogP contribution in [0.3, 0.4) is 0 Å². The summed E-state index contributed by atoms with van der Waals surface area (Å²) in [5.41, 5.74) is 3.28. The minimum atomic E-state index is -3.79. The number of carbonyl (C=O) groups excluding carboxylic acids is 2. The number of carbonyl (C=O) groups is 2. The zero-order valence-electron chi connectivity index (χ0n) is 26.4. The van der Waals surface area contributed by atoms with E-state index in [1.807, 2.05) is 68.4 Å². The molecule has 1 fully saturated rings. The van der Waals surface area contributed by atoms with Crippen LogP contribution in [-0.4, -0.2) is 67.5 Å². The van der Waals surface area contributed by atoms with Gasteiger partial charge in [0.1, 0.15) is 24.4 Å². The molecule has 1 aliphatic rings. The second-order valence-corrected chi connectivity index (χ2v) is 13.5. The van der Waals surface area contributed by atoms with Gasteiger partial charge in [0.15, 0.2) is 6.10 Å². The van der Waals surface area contributed by atoms with Crippen LogP contribution in [0, 0.1) is 0 Å². The summed E-state index contributed by atoms with van der Waals surface area (Å²) in [6, 6.07) is 15.9. The third-order valence-corrected chi connectivity index (χ3v) is 9.89. The lowest BCUT2D eigenvalue weighted by molar-refractivity contribution is -0.794. The van der Waals surface area contributed by atoms with Crippen molar-refractivity contribution in [2.45, 2.75) is 70.6 Å². The number of aromatic nitrogens is 1. The van der Waals surface area contributed by atoms with E-state index in [0.717, 1.165) is 34.1 Å². The molecule has 4 atom stereocenters. The van der Waals surface area contributed by atoms with Gasteiger partial charge in [-0.15, -0.1) is 6.58 Å². The van der Waals surface area contributed by atoms with E-state index in [1.165, 1.54) is 7.11 Å². The average molecular weight is 635 g/mol. The maximum Gasteiger partial charge on any atom is 0.523 e. The van der Waals surface area contributed by atoms with Gasteiger partial charge in [0.25, 0.3) is 0 Å². The minimum absolute atomic E-state index is 0.000867. The van der Waals surface area contributed by atoms with Crippen LogP contribution in [0.1, 0.15) is 57.9 Å². The number of imide groups is 1. The minimum Gasteiger partial charge on any atom is -0.483 e. The van der Waals surface area contributed by atoms with E-state index < -0.39 is 44.7 Å². The van der Waals surface area contributed by atoms with Crippen LogP contribution in [0.15, 0.2) is 73.8 Å². The highest BCUT2D eigenvalue weighted by Gasteiger charge is 2.60. The van der Waals surface area contributed by atoms with Crippen LogP contribution in [0.5, 0.6) is 5.75 Å². The Labute approximate surface area is 266 Å². The molecule has 240 valence electrons. The molecule has 3 aromatic rings. The van der Waals surface area contributed by atoms with Crippen molar-refractivity contribution in [3.8, 4) is 17.0 Å². The fraction of sp³-hybridized carbons (Fsp3) is 0.400. The second kappa shape index (κ2) is 14.9. The van der Waals surface area contributed by atoms with Crippen molar-refractivity contribution in [1.82, 2.24) is 9.71 Å². The summed E-state index contributed by atoms with van der Waals surface area (Å²) < 4.78 is 39.8. The molecule has 1 aromatic heterocycles. The third kappa shape index (κ3) is 7.69. The lowest BCUT2D eigenvalue weighted by Gasteiger charge is -2.34. The maximum absolute atomic E-state index is 14.4. The van der Waals surface area contributed by atoms with E-state index in [0.29, 0.717) is 31.4 Å². The summed E-state index contributed by atoms with van der Waals surface area (Å²) in [5.74, 6) is -0.0952. The highest BCUT2D eigenvalue weighted by Crippen LogP contribution is 2.37. The predicted molar refractivity (Wildman–Crippen MR) is 178 cm³/mol. The number of likely N-dealkylation sites (tertiary alicyclic amines) is 1. The van der Waals surface area contributed by atoms with Crippen LogP contribution < -0.4 is 9.46 Å². The van der Waals surface area contributed by atoms with E-state index >= 15 is 0 Å². The van der Waals surface area contributed by atoms with Crippen molar-refractivity contribution in [1.29, 1.82) is 0 Å². The largest absolute Gasteiger partial charge is 0.523 e. The van der Waals surface area contributed by atoms with Gasteiger partial charge in [0, 0.05) is 23.4 Å². The number of benzene rings is 2. The Morgan fingerprint density at radius 2 is 1.89 bits per heavy atom. The van der Waals surface area contributed by atoms with Crippen LogP contribution in [0.2, 0.25) is 0 Å². The number of rotatable bonds is 14. The van der Waals surface area contributed by atoms with Gasteiger partial charge >= 0.3 is 12.0 Å². The van der Waals surface area contributed by atoms with Crippen LogP contribution in [0.4, 0.5) is 4.79 Å². The zero-order valence-corrected chi connectivity index (χ0v) is 27.2. The molecule has 2 aromatic carbocycles. The van der Waals surface area contributed by atoms with E-state index in [1.54, 1.807) is 12.2 Å². The highest BCUT2D eigenvalue weighted by atomic mass is 32.2. The second-order valence-electron chi connectivity index (χ2n) is 11.6.